The zero-order chi connectivity index (χ0) is 15.1. The van der Waals surface area contributed by atoms with Crippen molar-refractivity contribution in [3.05, 3.63) is 29.8 Å². The summed E-state index contributed by atoms with van der Waals surface area (Å²) in [4.78, 5) is 11.9. The Kier molecular flexibility index (Phi) is 6.52. The monoisotopic (exact) mass is 278 g/mol. The number of nitrogens with two attached hydrogens (primary N) is 1. The van der Waals surface area contributed by atoms with Crippen molar-refractivity contribution in [2.24, 2.45) is 11.7 Å². The summed E-state index contributed by atoms with van der Waals surface area (Å²) >= 11 is 0. The first-order chi connectivity index (χ1) is 9.43. The van der Waals surface area contributed by atoms with Gasteiger partial charge in [-0.15, -0.1) is 0 Å². The van der Waals surface area contributed by atoms with Gasteiger partial charge in [-0.3, -0.25) is 4.79 Å². The van der Waals surface area contributed by atoms with Gasteiger partial charge in [-0.1, -0.05) is 25.1 Å². The van der Waals surface area contributed by atoms with Crippen molar-refractivity contribution >= 4 is 5.91 Å². The molecule has 0 bridgehead atoms. The van der Waals surface area contributed by atoms with E-state index >= 15 is 0 Å². The van der Waals surface area contributed by atoms with E-state index in [1.54, 1.807) is 0 Å². The predicted molar refractivity (Wildman–Crippen MR) is 81.6 cm³/mol. The highest BCUT2D eigenvalue weighted by molar-refractivity contribution is 5.76. The number of carbonyl (C=O) groups excluding carboxylic acids is 1. The first-order valence-corrected chi connectivity index (χ1v) is 7.19. The van der Waals surface area contributed by atoms with E-state index in [1.165, 1.54) is 0 Å². The maximum atomic E-state index is 11.9. The van der Waals surface area contributed by atoms with E-state index in [2.05, 4.69) is 5.32 Å². The van der Waals surface area contributed by atoms with Gasteiger partial charge in [0.05, 0.1) is 12.1 Å². The standard InChI is InChI=1S/C16H26N2O2/c1-11(2)20-15-8-6-5-7-14(15)13(4)18-16(19)9-12(3)10-17/h5-8,11-13H,9-10,17H2,1-4H3,(H,18,19). The van der Waals surface area contributed by atoms with Crippen LogP contribution >= 0.6 is 0 Å². The Morgan fingerprint density at radius 1 is 1.25 bits per heavy atom. The molecular weight excluding hydrogens is 252 g/mol. The van der Waals surface area contributed by atoms with E-state index in [4.69, 9.17) is 10.5 Å². The van der Waals surface area contributed by atoms with Gasteiger partial charge in [0, 0.05) is 12.0 Å². The number of ether oxygens (including phenoxy) is 1. The molecule has 0 heterocycles. The van der Waals surface area contributed by atoms with Crippen molar-refractivity contribution < 1.29 is 9.53 Å². The van der Waals surface area contributed by atoms with Crippen LogP contribution in [0, 0.1) is 5.92 Å². The normalized spacial score (nSPS) is 13.9. The molecule has 0 aliphatic carbocycles. The average Bonchev–Trinajstić information content (AvgIpc) is 2.38. The topological polar surface area (TPSA) is 64.4 Å². The van der Waals surface area contributed by atoms with Crippen molar-refractivity contribution in [1.82, 2.24) is 5.32 Å². The van der Waals surface area contributed by atoms with E-state index in [0.29, 0.717) is 13.0 Å². The van der Waals surface area contributed by atoms with Gasteiger partial charge in [0.15, 0.2) is 0 Å². The highest BCUT2D eigenvalue weighted by atomic mass is 16.5. The molecule has 4 heteroatoms. The van der Waals surface area contributed by atoms with Crippen molar-refractivity contribution in [3.8, 4) is 5.75 Å². The summed E-state index contributed by atoms with van der Waals surface area (Å²) in [5.41, 5.74) is 6.54. The number of carbonyl (C=O) groups is 1. The fourth-order valence-electron chi connectivity index (χ4n) is 1.98. The summed E-state index contributed by atoms with van der Waals surface area (Å²) in [5.74, 6) is 1.04. The molecule has 1 rings (SSSR count). The van der Waals surface area contributed by atoms with Crippen LogP contribution in [0.2, 0.25) is 0 Å². The summed E-state index contributed by atoms with van der Waals surface area (Å²) in [5, 5.41) is 3.00. The summed E-state index contributed by atoms with van der Waals surface area (Å²) in [6.07, 6.45) is 0.560. The van der Waals surface area contributed by atoms with Crippen LogP contribution in [0.15, 0.2) is 24.3 Å². The van der Waals surface area contributed by atoms with E-state index < -0.39 is 0 Å². The lowest BCUT2D eigenvalue weighted by atomic mass is 10.0. The number of para-hydroxylation sites is 1. The first kappa shape index (κ1) is 16.5. The van der Waals surface area contributed by atoms with Gasteiger partial charge < -0.3 is 15.8 Å². The Hall–Kier alpha value is -1.55. The third-order valence-corrected chi connectivity index (χ3v) is 3.06. The van der Waals surface area contributed by atoms with Crippen LogP contribution in [0.4, 0.5) is 0 Å². The second-order valence-electron chi connectivity index (χ2n) is 5.54. The van der Waals surface area contributed by atoms with Crippen LogP contribution in [0.1, 0.15) is 45.7 Å². The van der Waals surface area contributed by atoms with Crippen LogP contribution in [-0.2, 0) is 4.79 Å². The lowest BCUT2D eigenvalue weighted by Gasteiger charge is -2.20. The Bertz CT molecular complexity index is 432. The molecule has 0 aromatic heterocycles. The molecule has 0 aliphatic rings. The molecule has 0 saturated heterocycles. The molecule has 0 aliphatic heterocycles. The zero-order valence-corrected chi connectivity index (χ0v) is 12.8. The Balaban J connectivity index is 2.72. The highest BCUT2D eigenvalue weighted by Crippen LogP contribution is 2.25. The summed E-state index contributed by atoms with van der Waals surface area (Å²) < 4.78 is 5.78. The molecule has 3 N–H and O–H groups in total. The summed E-state index contributed by atoms with van der Waals surface area (Å²) in [6.45, 7) is 8.44. The molecule has 20 heavy (non-hydrogen) atoms. The van der Waals surface area contributed by atoms with Crippen molar-refractivity contribution in [2.45, 2.75) is 46.3 Å². The maximum Gasteiger partial charge on any atom is 0.220 e. The SMILES string of the molecule is CC(CN)CC(=O)NC(C)c1ccccc1OC(C)C. The first-order valence-electron chi connectivity index (χ1n) is 7.19. The van der Waals surface area contributed by atoms with Crippen molar-refractivity contribution in [2.75, 3.05) is 6.54 Å². The lowest BCUT2D eigenvalue weighted by Crippen LogP contribution is -2.29. The summed E-state index contributed by atoms with van der Waals surface area (Å²) in [7, 11) is 0. The van der Waals surface area contributed by atoms with Gasteiger partial charge in [0.2, 0.25) is 5.91 Å². The Labute approximate surface area is 121 Å². The van der Waals surface area contributed by atoms with Crippen LogP contribution in [0.5, 0.6) is 5.75 Å². The van der Waals surface area contributed by atoms with Gasteiger partial charge in [-0.2, -0.15) is 0 Å². The largest absolute Gasteiger partial charge is 0.491 e. The number of hydrogen-bond donors (Lipinski definition) is 2. The van der Waals surface area contributed by atoms with Crippen LogP contribution in [0.25, 0.3) is 0 Å². The van der Waals surface area contributed by atoms with E-state index in [1.807, 2.05) is 52.0 Å². The van der Waals surface area contributed by atoms with Crippen LogP contribution in [-0.4, -0.2) is 18.6 Å². The lowest BCUT2D eigenvalue weighted by molar-refractivity contribution is -0.122. The third kappa shape index (κ3) is 5.21. The molecule has 0 spiro atoms. The maximum absolute atomic E-state index is 11.9. The van der Waals surface area contributed by atoms with Gasteiger partial charge in [-0.05, 0) is 39.3 Å². The smallest absolute Gasteiger partial charge is 0.220 e. The molecule has 0 radical (unpaired) electrons. The van der Waals surface area contributed by atoms with Gasteiger partial charge in [-0.25, -0.2) is 0 Å². The Morgan fingerprint density at radius 2 is 1.90 bits per heavy atom. The molecule has 1 aromatic rings. The van der Waals surface area contributed by atoms with Crippen LogP contribution < -0.4 is 15.8 Å². The molecule has 2 atom stereocenters. The minimum absolute atomic E-state index is 0.0230. The molecule has 2 unspecified atom stereocenters. The average molecular weight is 278 g/mol. The van der Waals surface area contributed by atoms with Crippen LogP contribution in [0.3, 0.4) is 0 Å². The van der Waals surface area contributed by atoms with Crippen molar-refractivity contribution in [1.29, 1.82) is 0 Å². The second-order valence-corrected chi connectivity index (χ2v) is 5.54. The number of rotatable bonds is 7. The summed E-state index contributed by atoms with van der Waals surface area (Å²) in [6, 6.07) is 7.72. The number of nitrogens with one attached hydrogen (secondary N) is 1. The molecule has 0 fully saturated rings. The molecule has 0 saturated carbocycles. The quantitative estimate of drug-likeness (QED) is 0.806. The number of benzene rings is 1. The molecule has 4 nitrogen and oxygen atoms in total. The van der Waals surface area contributed by atoms with Gasteiger partial charge in [0.1, 0.15) is 5.75 Å². The third-order valence-electron chi connectivity index (χ3n) is 3.06. The van der Waals surface area contributed by atoms with E-state index in [0.717, 1.165) is 11.3 Å². The minimum Gasteiger partial charge on any atom is -0.491 e. The van der Waals surface area contributed by atoms with E-state index in [-0.39, 0.29) is 24.0 Å². The van der Waals surface area contributed by atoms with Crippen molar-refractivity contribution in [3.63, 3.8) is 0 Å². The fraction of sp³-hybridized carbons (Fsp3) is 0.562. The fourth-order valence-corrected chi connectivity index (χ4v) is 1.98. The molecular formula is C16H26N2O2. The molecule has 1 aromatic carbocycles. The van der Waals surface area contributed by atoms with E-state index in [9.17, 15) is 4.79 Å². The highest BCUT2D eigenvalue weighted by Gasteiger charge is 2.15. The number of amides is 1. The number of hydrogen-bond acceptors (Lipinski definition) is 3. The minimum atomic E-state index is -0.0811. The Morgan fingerprint density at radius 3 is 2.50 bits per heavy atom. The molecule has 1 amide bonds. The second kappa shape index (κ2) is 7.90. The molecule has 112 valence electrons. The predicted octanol–water partition coefficient (Wildman–Crippen LogP) is 2.64. The van der Waals surface area contributed by atoms with Gasteiger partial charge in [0.25, 0.3) is 0 Å². The van der Waals surface area contributed by atoms with Gasteiger partial charge >= 0.3 is 0 Å². The zero-order valence-electron chi connectivity index (χ0n) is 12.8.